The van der Waals surface area contributed by atoms with Gasteiger partial charge in [0.2, 0.25) is 5.78 Å². The van der Waals surface area contributed by atoms with Crippen molar-refractivity contribution < 1.29 is 19.1 Å². The lowest BCUT2D eigenvalue weighted by atomic mass is 10.0. The minimum absolute atomic E-state index is 0.191. The van der Waals surface area contributed by atoms with Crippen LogP contribution in [-0.2, 0) is 6.42 Å². The van der Waals surface area contributed by atoms with E-state index in [0.29, 0.717) is 33.2 Å². The predicted molar refractivity (Wildman–Crippen MR) is 116 cm³/mol. The maximum atomic E-state index is 12.7. The molecule has 0 aliphatic carbocycles. The number of carbonyl (C=O) groups excluding carboxylic acids is 2. The van der Waals surface area contributed by atoms with Crippen molar-refractivity contribution in [3.63, 3.8) is 0 Å². The molecule has 4 nitrogen and oxygen atoms in total. The van der Waals surface area contributed by atoms with Crippen molar-refractivity contribution in [2.24, 2.45) is 0 Å². The van der Waals surface area contributed by atoms with Crippen LogP contribution >= 0.6 is 11.6 Å². The molecule has 4 rings (SSSR count). The maximum Gasteiger partial charge on any atom is 0.343 e. The van der Waals surface area contributed by atoms with E-state index in [1.807, 2.05) is 24.3 Å². The van der Waals surface area contributed by atoms with Crippen LogP contribution < -0.4 is 9.47 Å². The first-order valence-electron chi connectivity index (χ1n) is 9.61. The van der Waals surface area contributed by atoms with Crippen LogP contribution in [-0.4, -0.2) is 11.8 Å². The average molecular weight is 419 g/mol. The van der Waals surface area contributed by atoms with E-state index < -0.39 is 5.97 Å². The van der Waals surface area contributed by atoms with Gasteiger partial charge in [0, 0.05) is 10.6 Å². The van der Waals surface area contributed by atoms with Crippen molar-refractivity contribution in [3.8, 4) is 11.5 Å². The number of fused-ring (bicyclic) bond motifs is 1. The predicted octanol–water partition coefficient (Wildman–Crippen LogP) is 6.05. The van der Waals surface area contributed by atoms with Crippen molar-refractivity contribution in [2.75, 3.05) is 0 Å². The van der Waals surface area contributed by atoms with E-state index in [2.05, 4.69) is 6.92 Å². The second-order valence-electron chi connectivity index (χ2n) is 7.00. The molecule has 0 atom stereocenters. The molecule has 0 amide bonds. The molecule has 1 aliphatic heterocycles. The zero-order valence-corrected chi connectivity index (χ0v) is 17.3. The fourth-order valence-corrected chi connectivity index (χ4v) is 3.35. The van der Waals surface area contributed by atoms with Crippen molar-refractivity contribution >= 4 is 29.4 Å². The van der Waals surface area contributed by atoms with E-state index in [0.717, 1.165) is 12.0 Å². The second kappa shape index (κ2) is 8.17. The Hall–Kier alpha value is -3.37. The summed E-state index contributed by atoms with van der Waals surface area (Å²) in [5, 5.41) is 0.538. The molecule has 0 aromatic heterocycles. The summed E-state index contributed by atoms with van der Waals surface area (Å²) in [6, 6.07) is 17.6. The fourth-order valence-electron chi connectivity index (χ4n) is 3.22. The number of halogens is 1. The van der Waals surface area contributed by atoms with Crippen LogP contribution in [0.1, 0.15) is 44.3 Å². The zero-order chi connectivity index (χ0) is 21.3. The standard InChI is InChI=1S/C25H19ClO4/c1-3-16-4-6-17(7-5-16)14-22-23(27)20-12-13-21(15(2)24(20)29-22)30-25(28)18-8-10-19(26)11-9-18/h4-14H,3H2,1-2H3/b22-14-. The van der Waals surface area contributed by atoms with Gasteiger partial charge in [-0.3, -0.25) is 4.79 Å². The zero-order valence-electron chi connectivity index (χ0n) is 16.6. The monoisotopic (exact) mass is 418 g/mol. The molecule has 0 fully saturated rings. The van der Waals surface area contributed by atoms with E-state index >= 15 is 0 Å². The van der Waals surface area contributed by atoms with Gasteiger partial charge >= 0.3 is 5.97 Å². The van der Waals surface area contributed by atoms with Crippen LogP contribution in [0.3, 0.4) is 0 Å². The lowest BCUT2D eigenvalue weighted by Gasteiger charge is -2.10. The highest BCUT2D eigenvalue weighted by Crippen LogP contribution is 2.39. The average Bonchev–Trinajstić information content (AvgIpc) is 3.07. The number of Topliss-reactive ketones (excluding diaryl/α,β-unsaturated/α-hetero) is 1. The van der Waals surface area contributed by atoms with Gasteiger partial charge in [-0.1, -0.05) is 42.8 Å². The molecular weight excluding hydrogens is 400 g/mol. The van der Waals surface area contributed by atoms with Gasteiger partial charge < -0.3 is 9.47 Å². The van der Waals surface area contributed by atoms with Gasteiger partial charge in [-0.2, -0.15) is 0 Å². The lowest BCUT2D eigenvalue weighted by Crippen LogP contribution is -2.09. The Balaban J connectivity index is 1.58. The van der Waals surface area contributed by atoms with Gasteiger partial charge in [-0.15, -0.1) is 0 Å². The third-order valence-corrected chi connectivity index (χ3v) is 5.26. The molecule has 0 saturated carbocycles. The molecule has 0 saturated heterocycles. The van der Waals surface area contributed by atoms with Gasteiger partial charge in [-0.05, 0) is 66.9 Å². The van der Waals surface area contributed by atoms with Crippen LogP contribution in [0.2, 0.25) is 5.02 Å². The van der Waals surface area contributed by atoms with Gasteiger partial charge in [0.15, 0.2) is 5.76 Å². The molecule has 150 valence electrons. The molecule has 0 radical (unpaired) electrons. The highest BCUT2D eigenvalue weighted by molar-refractivity contribution is 6.30. The van der Waals surface area contributed by atoms with Crippen LogP contribution in [0.25, 0.3) is 6.08 Å². The molecule has 3 aromatic rings. The summed E-state index contributed by atoms with van der Waals surface area (Å²) >= 11 is 5.86. The SMILES string of the molecule is CCc1ccc(/C=C2\Oc3c(ccc(OC(=O)c4ccc(Cl)cc4)c3C)C2=O)cc1. The number of aryl methyl sites for hydroxylation is 1. The summed E-state index contributed by atoms with van der Waals surface area (Å²) in [5.41, 5.74) is 3.54. The van der Waals surface area contributed by atoms with E-state index in [4.69, 9.17) is 21.1 Å². The first-order chi connectivity index (χ1) is 14.5. The molecule has 0 unspecified atom stereocenters. The minimum Gasteiger partial charge on any atom is -0.452 e. The third kappa shape index (κ3) is 3.87. The molecular formula is C25H19ClO4. The van der Waals surface area contributed by atoms with E-state index in [1.165, 1.54) is 5.56 Å². The lowest BCUT2D eigenvalue weighted by molar-refractivity contribution is 0.0733. The maximum absolute atomic E-state index is 12.7. The normalized spacial score (nSPS) is 13.8. The number of hydrogen-bond donors (Lipinski definition) is 0. The number of allylic oxidation sites excluding steroid dienone is 1. The van der Waals surface area contributed by atoms with E-state index in [9.17, 15) is 9.59 Å². The number of benzene rings is 3. The number of carbonyl (C=O) groups is 2. The third-order valence-electron chi connectivity index (χ3n) is 5.00. The molecule has 1 heterocycles. The fraction of sp³-hybridized carbons (Fsp3) is 0.120. The Kier molecular flexibility index (Phi) is 5.42. The topological polar surface area (TPSA) is 52.6 Å². The van der Waals surface area contributed by atoms with Crippen molar-refractivity contribution in [3.05, 3.63) is 99.3 Å². The largest absolute Gasteiger partial charge is 0.452 e. The first kappa shape index (κ1) is 19.9. The van der Waals surface area contributed by atoms with E-state index in [1.54, 1.807) is 49.4 Å². The van der Waals surface area contributed by atoms with Crippen molar-refractivity contribution in [1.82, 2.24) is 0 Å². The highest BCUT2D eigenvalue weighted by atomic mass is 35.5. The summed E-state index contributed by atoms with van der Waals surface area (Å²) in [4.78, 5) is 25.2. The number of ether oxygens (including phenoxy) is 2. The molecule has 0 bridgehead atoms. The molecule has 0 N–H and O–H groups in total. The summed E-state index contributed by atoms with van der Waals surface area (Å²) < 4.78 is 11.4. The smallest absolute Gasteiger partial charge is 0.343 e. The van der Waals surface area contributed by atoms with Gasteiger partial charge in [0.25, 0.3) is 0 Å². The summed E-state index contributed by atoms with van der Waals surface area (Å²) in [6.07, 6.45) is 2.68. The van der Waals surface area contributed by atoms with E-state index in [-0.39, 0.29) is 11.5 Å². The Morgan fingerprint density at radius 1 is 1.03 bits per heavy atom. The number of hydrogen-bond acceptors (Lipinski definition) is 4. The molecule has 3 aromatic carbocycles. The quantitative estimate of drug-likeness (QED) is 0.294. The van der Waals surface area contributed by atoms with Gasteiger partial charge in [0.05, 0.1) is 11.1 Å². The molecule has 30 heavy (non-hydrogen) atoms. The Bertz CT molecular complexity index is 1160. The summed E-state index contributed by atoms with van der Waals surface area (Å²) in [6.45, 7) is 3.85. The highest BCUT2D eigenvalue weighted by Gasteiger charge is 2.30. The van der Waals surface area contributed by atoms with Crippen molar-refractivity contribution in [2.45, 2.75) is 20.3 Å². The number of esters is 1. The molecule has 0 spiro atoms. The Labute approximate surface area is 179 Å². The van der Waals surface area contributed by atoms with Gasteiger partial charge in [-0.25, -0.2) is 4.79 Å². The minimum atomic E-state index is -0.509. The molecule has 1 aliphatic rings. The number of rotatable bonds is 4. The van der Waals surface area contributed by atoms with Crippen LogP contribution in [0, 0.1) is 6.92 Å². The van der Waals surface area contributed by atoms with Crippen LogP contribution in [0.15, 0.2) is 66.4 Å². The summed E-state index contributed by atoms with van der Waals surface area (Å²) in [7, 11) is 0. The van der Waals surface area contributed by atoms with Gasteiger partial charge in [0.1, 0.15) is 11.5 Å². The molecule has 5 heteroatoms. The van der Waals surface area contributed by atoms with Crippen LogP contribution in [0.5, 0.6) is 11.5 Å². The number of ketones is 1. The second-order valence-corrected chi connectivity index (χ2v) is 7.43. The Morgan fingerprint density at radius 3 is 2.40 bits per heavy atom. The Morgan fingerprint density at radius 2 is 1.73 bits per heavy atom. The van der Waals surface area contributed by atoms with Crippen LogP contribution in [0.4, 0.5) is 0 Å². The van der Waals surface area contributed by atoms with Crippen molar-refractivity contribution in [1.29, 1.82) is 0 Å². The summed E-state index contributed by atoms with van der Waals surface area (Å²) in [5.74, 6) is 0.306. The first-order valence-corrected chi connectivity index (χ1v) is 9.98.